The molecule has 0 saturated carbocycles. The third kappa shape index (κ3) is 3.87. The van der Waals surface area contributed by atoms with Crippen LogP contribution in [0, 0.1) is 0 Å². The zero-order chi connectivity index (χ0) is 17.8. The summed E-state index contributed by atoms with van der Waals surface area (Å²) in [6.45, 7) is 2.34. The molecule has 7 heteroatoms. The van der Waals surface area contributed by atoms with Crippen molar-refractivity contribution < 1.29 is 14.4 Å². The van der Waals surface area contributed by atoms with E-state index in [9.17, 15) is 9.90 Å². The van der Waals surface area contributed by atoms with Gasteiger partial charge in [-0.2, -0.15) is 0 Å². The molecular weight excluding hydrogens is 342 g/mol. The highest BCUT2D eigenvalue weighted by molar-refractivity contribution is 6.30. The van der Waals surface area contributed by atoms with E-state index in [4.69, 9.17) is 16.1 Å². The van der Waals surface area contributed by atoms with Gasteiger partial charge in [0.15, 0.2) is 5.76 Å². The van der Waals surface area contributed by atoms with Crippen LogP contribution in [0.5, 0.6) is 0 Å². The van der Waals surface area contributed by atoms with Crippen molar-refractivity contribution in [3.05, 3.63) is 70.7 Å². The van der Waals surface area contributed by atoms with Gasteiger partial charge in [0.2, 0.25) is 0 Å². The number of nitrogens with zero attached hydrogens (tertiary/aromatic N) is 2. The van der Waals surface area contributed by atoms with Gasteiger partial charge in [-0.3, -0.25) is 4.98 Å². The van der Waals surface area contributed by atoms with E-state index in [-0.39, 0.29) is 23.1 Å². The molecule has 2 aromatic heterocycles. The molecule has 1 atom stereocenters. The fourth-order valence-electron chi connectivity index (χ4n) is 2.52. The minimum atomic E-state index is -1.09. The molecular formula is C18H16ClN3O3. The fourth-order valence-corrected chi connectivity index (χ4v) is 2.73. The third-order valence-electron chi connectivity index (χ3n) is 3.76. The predicted molar refractivity (Wildman–Crippen MR) is 93.4 cm³/mol. The van der Waals surface area contributed by atoms with Crippen molar-refractivity contribution in [2.24, 2.45) is 0 Å². The highest BCUT2D eigenvalue weighted by atomic mass is 35.5. The van der Waals surface area contributed by atoms with Crippen molar-refractivity contribution >= 4 is 17.6 Å². The minimum absolute atomic E-state index is 0.0408. The molecule has 3 rings (SSSR count). The van der Waals surface area contributed by atoms with Gasteiger partial charge in [0, 0.05) is 29.5 Å². The Bertz CT molecular complexity index is 880. The molecule has 0 spiro atoms. The number of aromatic nitrogens is 2. The van der Waals surface area contributed by atoms with E-state index >= 15 is 0 Å². The second-order valence-corrected chi connectivity index (χ2v) is 5.99. The molecule has 1 aromatic carbocycles. The number of carboxylic acids is 1. The summed E-state index contributed by atoms with van der Waals surface area (Å²) in [6.07, 6.45) is 3.16. The number of aromatic carboxylic acids is 1. The molecule has 0 aliphatic rings. The van der Waals surface area contributed by atoms with Crippen LogP contribution < -0.4 is 5.32 Å². The lowest BCUT2D eigenvalue weighted by Gasteiger charge is -2.12. The maximum atomic E-state index is 11.7. The van der Waals surface area contributed by atoms with Gasteiger partial charge >= 0.3 is 5.97 Å². The van der Waals surface area contributed by atoms with Gasteiger partial charge in [0.25, 0.3) is 0 Å². The van der Waals surface area contributed by atoms with Crippen molar-refractivity contribution in [2.75, 3.05) is 0 Å². The molecule has 25 heavy (non-hydrogen) atoms. The van der Waals surface area contributed by atoms with Crippen molar-refractivity contribution in [1.29, 1.82) is 0 Å². The minimum Gasteiger partial charge on any atom is -0.477 e. The average Bonchev–Trinajstić information content (AvgIpc) is 3.06. The molecule has 0 radical (unpaired) electrons. The zero-order valence-electron chi connectivity index (χ0n) is 13.4. The maximum Gasteiger partial charge on any atom is 0.341 e. The molecule has 0 amide bonds. The normalized spacial score (nSPS) is 12.1. The quantitative estimate of drug-likeness (QED) is 0.694. The van der Waals surface area contributed by atoms with E-state index in [1.165, 1.54) is 0 Å². The van der Waals surface area contributed by atoms with Crippen LogP contribution in [0.4, 0.5) is 0 Å². The SMILES string of the molecule is CC(NCc1cccc(Cl)c1)c1onc(-c2cccnc2)c1C(=O)O. The standard InChI is InChI=1S/C18H16ClN3O3/c1-11(21-9-12-4-2-6-14(19)8-12)17-15(18(23)24)16(22-25-17)13-5-3-7-20-10-13/h2-8,10-11,21H,9H2,1H3,(H,23,24). The molecule has 6 nitrogen and oxygen atoms in total. The van der Waals surface area contributed by atoms with E-state index in [0.29, 0.717) is 17.1 Å². The van der Waals surface area contributed by atoms with Crippen molar-refractivity contribution in [3.63, 3.8) is 0 Å². The Morgan fingerprint density at radius 2 is 2.20 bits per heavy atom. The van der Waals surface area contributed by atoms with Gasteiger partial charge in [-0.1, -0.05) is 28.9 Å². The number of rotatable bonds is 6. The molecule has 0 aliphatic carbocycles. The first-order chi connectivity index (χ1) is 12.1. The Hall–Kier alpha value is -2.70. The fraction of sp³-hybridized carbons (Fsp3) is 0.167. The summed E-state index contributed by atoms with van der Waals surface area (Å²) in [7, 11) is 0. The number of halogens is 1. The molecule has 0 fully saturated rings. The number of pyridine rings is 1. The molecule has 2 N–H and O–H groups in total. The van der Waals surface area contributed by atoms with Crippen LogP contribution in [-0.2, 0) is 6.54 Å². The van der Waals surface area contributed by atoms with Crippen molar-refractivity contribution in [3.8, 4) is 11.3 Å². The summed E-state index contributed by atoms with van der Waals surface area (Å²) in [5, 5.41) is 17.4. The van der Waals surface area contributed by atoms with Gasteiger partial charge in [0.1, 0.15) is 11.3 Å². The van der Waals surface area contributed by atoms with Crippen LogP contribution in [0.25, 0.3) is 11.3 Å². The number of nitrogens with one attached hydrogen (secondary N) is 1. The van der Waals surface area contributed by atoms with E-state index in [1.807, 2.05) is 25.1 Å². The third-order valence-corrected chi connectivity index (χ3v) is 4.00. The van der Waals surface area contributed by atoms with Gasteiger partial charge in [-0.15, -0.1) is 0 Å². The molecule has 0 aliphatic heterocycles. The van der Waals surface area contributed by atoms with Gasteiger partial charge in [-0.25, -0.2) is 4.79 Å². The predicted octanol–water partition coefficient (Wildman–Crippen LogP) is 3.94. The van der Waals surface area contributed by atoms with E-state index < -0.39 is 5.97 Å². The smallest absolute Gasteiger partial charge is 0.341 e. The number of carboxylic acid groups (broad SMARTS) is 1. The Kier molecular flexibility index (Phi) is 5.11. The zero-order valence-corrected chi connectivity index (χ0v) is 14.2. The lowest BCUT2D eigenvalue weighted by Crippen LogP contribution is -2.19. The second-order valence-electron chi connectivity index (χ2n) is 5.55. The van der Waals surface area contributed by atoms with Crippen LogP contribution in [-0.4, -0.2) is 21.2 Å². The van der Waals surface area contributed by atoms with Crippen molar-refractivity contribution in [1.82, 2.24) is 15.5 Å². The molecule has 0 bridgehead atoms. The summed E-state index contributed by atoms with van der Waals surface area (Å²) in [5.74, 6) is -0.820. The van der Waals surface area contributed by atoms with E-state index in [1.54, 1.807) is 30.6 Å². The monoisotopic (exact) mass is 357 g/mol. The first-order valence-electron chi connectivity index (χ1n) is 7.67. The lowest BCUT2D eigenvalue weighted by molar-refractivity contribution is 0.0694. The number of hydrogen-bond donors (Lipinski definition) is 2. The first-order valence-corrected chi connectivity index (χ1v) is 8.05. The Morgan fingerprint density at radius 3 is 2.88 bits per heavy atom. The second kappa shape index (κ2) is 7.46. The molecule has 2 heterocycles. The number of benzene rings is 1. The van der Waals surface area contributed by atoms with Crippen LogP contribution >= 0.6 is 11.6 Å². The Balaban J connectivity index is 1.84. The molecule has 3 aromatic rings. The number of carbonyl (C=O) groups is 1. The van der Waals surface area contributed by atoms with Gasteiger partial charge in [-0.05, 0) is 36.8 Å². The average molecular weight is 358 g/mol. The summed E-state index contributed by atoms with van der Waals surface area (Å²) in [5.41, 5.74) is 1.89. The topological polar surface area (TPSA) is 88.3 Å². The summed E-state index contributed by atoms with van der Waals surface area (Å²) >= 11 is 5.98. The Labute approximate surface area is 149 Å². The highest BCUT2D eigenvalue weighted by Crippen LogP contribution is 2.29. The lowest BCUT2D eigenvalue weighted by atomic mass is 10.0. The Morgan fingerprint density at radius 1 is 1.36 bits per heavy atom. The van der Waals surface area contributed by atoms with Crippen LogP contribution in [0.15, 0.2) is 53.3 Å². The van der Waals surface area contributed by atoms with Crippen LogP contribution in [0.1, 0.15) is 34.6 Å². The first kappa shape index (κ1) is 17.1. The summed E-state index contributed by atoms with van der Waals surface area (Å²) in [6, 6.07) is 10.6. The van der Waals surface area contributed by atoms with Crippen molar-refractivity contribution in [2.45, 2.75) is 19.5 Å². The molecule has 0 saturated heterocycles. The van der Waals surface area contributed by atoms with E-state index in [0.717, 1.165) is 5.56 Å². The summed E-state index contributed by atoms with van der Waals surface area (Å²) < 4.78 is 5.34. The van der Waals surface area contributed by atoms with Gasteiger partial charge in [0.05, 0.1) is 6.04 Å². The summed E-state index contributed by atoms with van der Waals surface area (Å²) in [4.78, 5) is 15.7. The van der Waals surface area contributed by atoms with Crippen LogP contribution in [0.2, 0.25) is 5.02 Å². The maximum absolute atomic E-state index is 11.7. The van der Waals surface area contributed by atoms with E-state index in [2.05, 4.69) is 15.5 Å². The molecule has 128 valence electrons. The van der Waals surface area contributed by atoms with Crippen LogP contribution in [0.3, 0.4) is 0 Å². The number of hydrogen-bond acceptors (Lipinski definition) is 5. The highest BCUT2D eigenvalue weighted by Gasteiger charge is 2.27. The molecule has 1 unspecified atom stereocenters. The van der Waals surface area contributed by atoms with Gasteiger partial charge < -0.3 is 14.9 Å². The largest absolute Gasteiger partial charge is 0.477 e.